The number of hydrogen-bond acceptors (Lipinski definition) is 6. The zero-order valence-corrected chi connectivity index (χ0v) is 45.3. The van der Waals surface area contributed by atoms with Crippen molar-refractivity contribution < 1.29 is 4.74 Å². The molecule has 0 unspecified atom stereocenters. The average molecular weight is 1050 g/mol. The highest BCUT2D eigenvalue weighted by atomic mass is 32.1. The zero-order chi connectivity index (χ0) is 53.5. The molecule has 0 amide bonds. The van der Waals surface area contributed by atoms with Crippen molar-refractivity contribution in [2.45, 2.75) is 26.2 Å². The maximum atomic E-state index is 7.22. The van der Waals surface area contributed by atoms with Crippen LogP contribution >= 0.6 is 11.3 Å². The van der Waals surface area contributed by atoms with Gasteiger partial charge in [-0.1, -0.05) is 178 Å². The maximum Gasteiger partial charge on any atom is 0.137 e. The van der Waals surface area contributed by atoms with Crippen LogP contribution in [0.3, 0.4) is 0 Å². The number of hydrogen-bond donors (Lipinski definition) is 0. The second kappa shape index (κ2) is 19.0. The summed E-state index contributed by atoms with van der Waals surface area (Å²) in [5.41, 5.74) is 16.8. The van der Waals surface area contributed by atoms with Crippen LogP contribution in [0.4, 0.5) is 22.7 Å². The van der Waals surface area contributed by atoms with E-state index in [0.717, 1.165) is 89.9 Å². The molecule has 4 aromatic heterocycles. The summed E-state index contributed by atoms with van der Waals surface area (Å²) in [5, 5.41) is 7.42. The highest BCUT2D eigenvalue weighted by Crippen LogP contribution is 2.53. The van der Waals surface area contributed by atoms with E-state index >= 15 is 0 Å². The Bertz CT molecular complexity index is 4710. The van der Waals surface area contributed by atoms with Crippen LogP contribution in [-0.4, -0.2) is 21.2 Å². The van der Waals surface area contributed by atoms with E-state index < -0.39 is 0 Å². The summed E-state index contributed by atoms with van der Waals surface area (Å²) in [7, 11) is 0. The number of nitrogens with zero attached hydrogens (tertiary/aromatic N) is 5. The molecule has 7 heteroatoms. The molecule has 10 aromatic carbocycles. The Balaban J connectivity index is 0.889. The summed E-state index contributed by atoms with van der Waals surface area (Å²) in [6.45, 7) is 7.35. The van der Waals surface area contributed by atoms with E-state index in [1.165, 1.54) is 53.0 Å². The number of thiophene rings is 1. The van der Waals surface area contributed by atoms with Crippen molar-refractivity contribution in [2.75, 3.05) is 16.5 Å². The highest BCUT2D eigenvalue weighted by molar-refractivity contribution is 7.27. The number of fused-ring (bicyclic) bond motifs is 11. The minimum atomic E-state index is -0.0832. The van der Waals surface area contributed by atoms with Crippen molar-refractivity contribution in [3.05, 3.63) is 261 Å². The average Bonchev–Trinajstić information content (AvgIpc) is 4.38. The molecule has 0 bridgehead atoms. The largest absolute Gasteiger partial charge is 0.457 e. The van der Waals surface area contributed by atoms with Gasteiger partial charge in [0.25, 0.3) is 0 Å². The first-order chi connectivity index (χ1) is 39.3. The monoisotopic (exact) mass is 1050 g/mol. The molecule has 0 saturated carbocycles. The third-order valence-corrected chi connectivity index (χ3v) is 17.2. The Morgan fingerprint density at radius 1 is 0.438 bits per heavy atom. The zero-order valence-electron chi connectivity index (χ0n) is 44.5. The molecule has 14 aromatic rings. The van der Waals surface area contributed by atoms with Crippen LogP contribution in [0.15, 0.2) is 255 Å². The lowest BCUT2D eigenvalue weighted by Gasteiger charge is -2.27. The normalized spacial score (nSPS) is 12.6. The van der Waals surface area contributed by atoms with Crippen LogP contribution in [0.5, 0.6) is 11.5 Å². The van der Waals surface area contributed by atoms with Gasteiger partial charge in [-0.15, -0.1) is 11.3 Å². The van der Waals surface area contributed by atoms with Gasteiger partial charge in [0, 0.05) is 68.4 Å². The Morgan fingerprint density at radius 3 is 1.82 bits per heavy atom. The van der Waals surface area contributed by atoms with Gasteiger partial charge in [-0.25, -0.2) is 4.98 Å². The molecule has 80 heavy (non-hydrogen) atoms. The second-order valence-corrected chi connectivity index (χ2v) is 22.8. The number of benzene rings is 10. The Labute approximate surface area is 468 Å². The first kappa shape index (κ1) is 47.4. The molecule has 382 valence electrons. The van der Waals surface area contributed by atoms with E-state index in [-0.39, 0.29) is 5.41 Å². The van der Waals surface area contributed by atoms with Crippen LogP contribution in [0.25, 0.3) is 103 Å². The number of anilines is 4. The summed E-state index contributed by atoms with van der Waals surface area (Å²) in [5.74, 6) is 2.34. The first-order valence-corrected chi connectivity index (χ1v) is 28.1. The second-order valence-electron chi connectivity index (χ2n) is 21.8. The third-order valence-electron chi connectivity index (χ3n) is 15.9. The van der Waals surface area contributed by atoms with E-state index in [1.807, 2.05) is 29.9 Å². The van der Waals surface area contributed by atoms with Gasteiger partial charge in [-0.2, -0.15) is 0 Å². The smallest absolute Gasteiger partial charge is 0.137 e. The molecule has 0 fully saturated rings. The van der Waals surface area contributed by atoms with Crippen molar-refractivity contribution >= 4 is 86.8 Å². The molecule has 1 aliphatic rings. The summed E-state index contributed by atoms with van der Waals surface area (Å²) in [6, 6.07) is 85.3. The summed E-state index contributed by atoms with van der Waals surface area (Å²) < 4.78 is 12.1. The number of aromatic nitrogens is 3. The predicted octanol–water partition coefficient (Wildman–Crippen LogP) is 20.1. The molecule has 15 rings (SSSR count). The van der Waals surface area contributed by atoms with Gasteiger partial charge in [0.05, 0.1) is 32.8 Å². The van der Waals surface area contributed by atoms with Crippen LogP contribution in [0, 0.1) is 0 Å². The molecule has 1 aliphatic heterocycles. The molecule has 5 heterocycles. The number of rotatable bonds is 9. The molecule has 0 atom stereocenters. The lowest BCUT2D eigenvalue weighted by atomic mass is 9.88. The fraction of sp³-hybridized carbons (Fsp3) is 0.0685. The van der Waals surface area contributed by atoms with Gasteiger partial charge in [0.15, 0.2) is 0 Å². The van der Waals surface area contributed by atoms with Crippen LogP contribution in [0.2, 0.25) is 0 Å². The Kier molecular flexibility index (Phi) is 11.2. The van der Waals surface area contributed by atoms with Crippen LogP contribution < -0.4 is 14.5 Å². The number of pyridine rings is 2. The summed E-state index contributed by atoms with van der Waals surface area (Å²) in [4.78, 5) is 14.5. The van der Waals surface area contributed by atoms with Gasteiger partial charge in [0.2, 0.25) is 0 Å². The lowest BCUT2D eigenvalue weighted by molar-refractivity contribution is 0.483. The lowest BCUT2D eigenvalue weighted by Crippen LogP contribution is -2.25. The van der Waals surface area contributed by atoms with E-state index in [9.17, 15) is 0 Å². The molecule has 0 saturated heterocycles. The van der Waals surface area contributed by atoms with Gasteiger partial charge in [-0.05, 0) is 127 Å². The molecule has 0 N–H and O–H groups in total. The fourth-order valence-corrected chi connectivity index (χ4v) is 13.5. The highest BCUT2D eigenvalue weighted by Gasteiger charge is 2.32. The van der Waals surface area contributed by atoms with Gasteiger partial charge >= 0.3 is 0 Å². The fourth-order valence-electron chi connectivity index (χ4n) is 12.1. The third kappa shape index (κ3) is 8.00. The van der Waals surface area contributed by atoms with Gasteiger partial charge in [0.1, 0.15) is 24.0 Å². The SMILES string of the molecule is CC(C)(C)c1ccnc(-n2c3cc(Oc4cc(-c5ccncc5)cc(N5CN(c6c(-c7ccccc7)cccc6-c6cccc(-c7ccccc7)c6)c6ccccc65)c4)ccc3c3sc4c5ccccc5c5ccccc5c4c32)c1. The van der Waals surface area contributed by atoms with Crippen molar-refractivity contribution in [1.82, 2.24) is 14.5 Å². The minimum Gasteiger partial charge on any atom is -0.457 e. The van der Waals surface area contributed by atoms with Crippen molar-refractivity contribution in [3.63, 3.8) is 0 Å². The van der Waals surface area contributed by atoms with Gasteiger partial charge in [-0.3, -0.25) is 9.55 Å². The van der Waals surface area contributed by atoms with Crippen LogP contribution in [-0.2, 0) is 5.41 Å². The molecule has 6 nitrogen and oxygen atoms in total. The summed E-state index contributed by atoms with van der Waals surface area (Å²) in [6.07, 6.45) is 5.68. The quantitative estimate of drug-likeness (QED) is 0.135. The molecule has 0 aliphatic carbocycles. The Hall–Kier alpha value is -9.82. The maximum absolute atomic E-state index is 7.22. The van der Waals surface area contributed by atoms with Crippen molar-refractivity contribution in [1.29, 1.82) is 0 Å². The molecular weight excluding hydrogens is 995 g/mol. The van der Waals surface area contributed by atoms with Gasteiger partial charge < -0.3 is 14.5 Å². The molecule has 0 radical (unpaired) electrons. The topological polar surface area (TPSA) is 46.4 Å². The number of ether oxygens (including phenoxy) is 1. The van der Waals surface area contributed by atoms with E-state index in [1.54, 1.807) is 0 Å². The van der Waals surface area contributed by atoms with Crippen molar-refractivity contribution in [3.8, 4) is 61.8 Å². The minimum absolute atomic E-state index is 0.0832. The van der Waals surface area contributed by atoms with E-state index in [4.69, 9.17) is 9.72 Å². The summed E-state index contributed by atoms with van der Waals surface area (Å²) >= 11 is 1.87. The Morgan fingerprint density at radius 2 is 1.06 bits per heavy atom. The standard InChI is InChI=1S/C73H53N5OS/c1-73(2,3)53-36-39-75-67(43-53)78-66-45-55(32-33-63(66)72-70(78)68-61-26-12-10-24-59(61)60-25-11-13-27-62(60)71(68)80-72)79-56-42-52(48-34-37-74-38-35-48)41-54(44-56)76-46-77(65-31-15-14-30-64(65)76)69-57(49-20-8-5-9-21-49)28-17-29-58(69)51-23-16-22-50(40-51)47-18-6-4-7-19-47/h4-45H,46H2,1-3H3. The van der Waals surface area contributed by atoms with E-state index in [2.05, 4.69) is 277 Å². The van der Waals surface area contributed by atoms with Crippen LogP contribution in [0.1, 0.15) is 26.3 Å². The predicted molar refractivity (Wildman–Crippen MR) is 336 cm³/mol. The molecular formula is C73H53N5OS. The van der Waals surface area contributed by atoms with Crippen molar-refractivity contribution in [2.24, 2.45) is 0 Å². The first-order valence-electron chi connectivity index (χ1n) is 27.3. The number of para-hydroxylation sites is 3. The van der Waals surface area contributed by atoms with E-state index in [0.29, 0.717) is 6.67 Å². The molecule has 0 spiro atoms.